The number of hydrogen-bond donors (Lipinski definition) is 1. The molecule has 1 N–H and O–H groups in total. The van der Waals surface area contributed by atoms with E-state index in [-0.39, 0.29) is 18.4 Å². The van der Waals surface area contributed by atoms with E-state index in [1.807, 2.05) is 67.3 Å². The smallest absolute Gasteiger partial charge is 0.260 e. The highest BCUT2D eigenvalue weighted by atomic mass is 16.5. The van der Waals surface area contributed by atoms with E-state index in [1.54, 1.807) is 6.20 Å². The van der Waals surface area contributed by atoms with E-state index >= 15 is 0 Å². The topological polar surface area (TPSA) is 80.2 Å². The lowest BCUT2D eigenvalue weighted by Gasteiger charge is -2.32. The van der Waals surface area contributed by atoms with Crippen LogP contribution in [0.1, 0.15) is 35.8 Å². The number of amides is 1. The van der Waals surface area contributed by atoms with Crippen molar-refractivity contribution < 1.29 is 9.53 Å². The third-order valence-electron chi connectivity index (χ3n) is 5.33. The van der Waals surface area contributed by atoms with Gasteiger partial charge < -0.3 is 15.0 Å². The van der Waals surface area contributed by atoms with Crippen molar-refractivity contribution in [3.8, 4) is 5.75 Å². The van der Waals surface area contributed by atoms with E-state index in [9.17, 15) is 4.79 Å². The summed E-state index contributed by atoms with van der Waals surface area (Å²) in [5.41, 5.74) is 2.08. The number of carbonyl (C=O) groups is 1. The number of anilines is 2. The molecule has 3 aromatic rings. The number of benzene rings is 1. The van der Waals surface area contributed by atoms with Gasteiger partial charge in [0, 0.05) is 31.3 Å². The Bertz CT molecular complexity index is 1040. The predicted molar refractivity (Wildman–Crippen MR) is 120 cm³/mol. The number of ether oxygens (including phenoxy) is 1. The van der Waals surface area contributed by atoms with Crippen LogP contribution >= 0.6 is 0 Å². The number of nitrogens with zero attached hydrogens (tertiary/aromatic N) is 4. The lowest BCUT2D eigenvalue weighted by molar-refractivity contribution is -0.134. The molecular formula is C24H27N5O2. The second-order valence-electron chi connectivity index (χ2n) is 7.85. The molecule has 160 valence electrons. The summed E-state index contributed by atoms with van der Waals surface area (Å²) in [4.78, 5) is 28.1. The van der Waals surface area contributed by atoms with Crippen LogP contribution in [0, 0.1) is 13.8 Å². The SMILES string of the molecule is Cc1ccnc(Nc2cc([C@@H]3CCCN(C(=O)COc4ccccc4)C3)nc(C)n2)c1. The molecule has 1 aromatic carbocycles. The van der Waals surface area contributed by atoms with Gasteiger partial charge in [-0.05, 0) is 56.5 Å². The summed E-state index contributed by atoms with van der Waals surface area (Å²) < 4.78 is 5.64. The number of aromatic nitrogens is 3. The van der Waals surface area contributed by atoms with Crippen LogP contribution in [0.3, 0.4) is 0 Å². The fraction of sp³-hybridized carbons (Fsp3) is 0.333. The molecule has 0 aliphatic carbocycles. The summed E-state index contributed by atoms with van der Waals surface area (Å²) in [6.45, 7) is 5.34. The second-order valence-corrected chi connectivity index (χ2v) is 7.85. The van der Waals surface area contributed by atoms with Gasteiger partial charge in [-0.2, -0.15) is 0 Å². The van der Waals surface area contributed by atoms with Gasteiger partial charge in [0.1, 0.15) is 23.2 Å². The van der Waals surface area contributed by atoms with Crippen molar-refractivity contribution in [3.05, 3.63) is 71.8 Å². The number of hydrogen-bond acceptors (Lipinski definition) is 6. The van der Waals surface area contributed by atoms with Crippen LogP contribution in [-0.4, -0.2) is 45.5 Å². The summed E-state index contributed by atoms with van der Waals surface area (Å²) in [6, 6.07) is 15.3. The van der Waals surface area contributed by atoms with Crippen LogP contribution in [0.5, 0.6) is 5.75 Å². The molecule has 0 radical (unpaired) electrons. The van der Waals surface area contributed by atoms with E-state index < -0.39 is 0 Å². The van der Waals surface area contributed by atoms with Crippen molar-refractivity contribution in [1.82, 2.24) is 19.9 Å². The zero-order chi connectivity index (χ0) is 21.6. The fourth-order valence-electron chi connectivity index (χ4n) is 3.80. The molecule has 0 unspecified atom stereocenters. The number of piperidine rings is 1. The maximum absolute atomic E-state index is 12.7. The van der Waals surface area contributed by atoms with Crippen molar-refractivity contribution in [1.29, 1.82) is 0 Å². The van der Waals surface area contributed by atoms with Crippen LogP contribution in [0.2, 0.25) is 0 Å². The molecule has 7 heteroatoms. The first-order chi connectivity index (χ1) is 15.1. The molecule has 1 aliphatic rings. The molecule has 0 bridgehead atoms. The van der Waals surface area contributed by atoms with Crippen molar-refractivity contribution in [2.45, 2.75) is 32.6 Å². The van der Waals surface area contributed by atoms with Crippen LogP contribution in [0.25, 0.3) is 0 Å². The Kier molecular flexibility index (Phi) is 6.40. The summed E-state index contributed by atoms with van der Waals surface area (Å²) in [7, 11) is 0. The maximum atomic E-state index is 12.7. The molecule has 1 atom stereocenters. The van der Waals surface area contributed by atoms with Gasteiger partial charge in [0.2, 0.25) is 0 Å². The zero-order valence-electron chi connectivity index (χ0n) is 17.9. The number of pyridine rings is 1. The third kappa shape index (κ3) is 5.57. The van der Waals surface area contributed by atoms with Crippen LogP contribution in [0.15, 0.2) is 54.7 Å². The first kappa shape index (κ1) is 20.8. The molecule has 2 aromatic heterocycles. The number of rotatable bonds is 6. The molecule has 0 spiro atoms. The molecule has 1 amide bonds. The summed E-state index contributed by atoms with van der Waals surface area (Å²) in [5, 5.41) is 3.27. The van der Waals surface area contributed by atoms with E-state index in [1.165, 1.54) is 0 Å². The lowest BCUT2D eigenvalue weighted by atomic mass is 9.94. The van der Waals surface area contributed by atoms with E-state index in [0.29, 0.717) is 18.1 Å². The quantitative estimate of drug-likeness (QED) is 0.653. The standard InChI is InChI=1S/C24H27N5O2/c1-17-10-11-25-22(13-17)28-23-14-21(26-18(2)27-23)19-7-6-12-29(15-19)24(30)16-31-20-8-4-3-5-9-20/h3-5,8-11,13-14,19H,6-7,12,15-16H2,1-2H3,(H,25,26,27,28)/t19-/m1/s1. The highest BCUT2D eigenvalue weighted by Crippen LogP contribution is 2.28. The monoisotopic (exact) mass is 417 g/mol. The van der Waals surface area contributed by atoms with E-state index in [0.717, 1.165) is 42.3 Å². The average molecular weight is 418 g/mol. The molecule has 0 saturated carbocycles. The van der Waals surface area contributed by atoms with Gasteiger partial charge in [-0.25, -0.2) is 15.0 Å². The van der Waals surface area contributed by atoms with Gasteiger partial charge in [-0.1, -0.05) is 18.2 Å². The number of likely N-dealkylation sites (tertiary alicyclic amines) is 1. The average Bonchev–Trinajstić information content (AvgIpc) is 2.78. The molecule has 31 heavy (non-hydrogen) atoms. The normalized spacial score (nSPS) is 16.1. The van der Waals surface area contributed by atoms with Crippen molar-refractivity contribution in [2.75, 3.05) is 25.0 Å². The minimum Gasteiger partial charge on any atom is -0.484 e. The maximum Gasteiger partial charge on any atom is 0.260 e. The van der Waals surface area contributed by atoms with Crippen molar-refractivity contribution in [2.24, 2.45) is 0 Å². The molecule has 1 aliphatic heterocycles. The fourth-order valence-corrected chi connectivity index (χ4v) is 3.80. The minimum absolute atomic E-state index is 0.00152. The summed E-state index contributed by atoms with van der Waals surface area (Å²) in [6.07, 6.45) is 3.70. The first-order valence-electron chi connectivity index (χ1n) is 10.6. The van der Waals surface area contributed by atoms with Gasteiger partial charge in [0.15, 0.2) is 6.61 Å². The number of nitrogens with one attached hydrogen (secondary N) is 1. The molecule has 1 fully saturated rings. The predicted octanol–water partition coefficient (Wildman–Crippen LogP) is 4.02. The Balaban J connectivity index is 1.42. The van der Waals surface area contributed by atoms with Crippen molar-refractivity contribution in [3.63, 3.8) is 0 Å². The number of aryl methyl sites for hydroxylation is 2. The van der Waals surface area contributed by atoms with Crippen LogP contribution in [-0.2, 0) is 4.79 Å². The molecule has 3 heterocycles. The van der Waals surface area contributed by atoms with Gasteiger partial charge in [0.25, 0.3) is 5.91 Å². The largest absolute Gasteiger partial charge is 0.484 e. The zero-order valence-corrected chi connectivity index (χ0v) is 17.9. The first-order valence-corrected chi connectivity index (χ1v) is 10.6. The van der Waals surface area contributed by atoms with Crippen LogP contribution in [0.4, 0.5) is 11.6 Å². The van der Waals surface area contributed by atoms with Gasteiger partial charge in [-0.3, -0.25) is 4.79 Å². The number of carbonyl (C=O) groups excluding carboxylic acids is 1. The Labute approximate surface area is 182 Å². The second kappa shape index (κ2) is 9.55. The Morgan fingerprint density at radius 1 is 1.13 bits per heavy atom. The Morgan fingerprint density at radius 2 is 1.97 bits per heavy atom. The Hall–Kier alpha value is -3.48. The Morgan fingerprint density at radius 3 is 2.77 bits per heavy atom. The molecule has 7 nitrogen and oxygen atoms in total. The molecule has 4 rings (SSSR count). The van der Waals surface area contributed by atoms with Crippen LogP contribution < -0.4 is 10.1 Å². The molecule has 1 saturated heterocycles. The van der Waals surface area contributed by atoms with E-state index in [2.05, 4.69) is 20.3 Å². The third-order valence-corrected chi connectivity index (χ3v) is 5.33. The van der Waals surface area contributed by atoms with Gasteiger partial charge in [-0.15, -0.1) is 0 Å². The van der Waals surface area contributed by atoms with Gasteiger partial charge >= 0.3 is 0 Å². The van der Waals surface area contributed by atoms with Gasteiger partial charge in [0.05, 0.1) is 5.69 Å². The highest BCUT2D eigenvalue weighted by molar-refractivity contribution is 5.78. The highest BCUT2D eigenvalue weighted by Gasteiger charge is 2.26. The lowest BCUT2D eigenvalue weighted by Crippen LogP contribution is -2.41. The summed E-state index contributed by atoms with van der Waals surface area (Å²) in [5.74, 6) is 3.04. The number of para-hydroxylation sites is 1. The minimum atomic E-state index is 0.00152. The molecular weight excluding hydrogens is 390 g/mol. The van der Waals surface area contributed by atoms with Crippen molar-refractivity contribution >= 4 is 17.5 Å². The van der Waals surface area contributed by atoms with E-state index in [4.69, 9.17) is 4.74 Å². The summed E-state index contributed by atoms with van der Waals surface area (Å²) >= 11 is 0.